The molecule has 2 heterocycles. The van der Waals surface area contributed by atoms with E-state index in [4.69, 9.17) is 12.9 Å². The van der Waals surface area contributed by atoms with Gasteiger partial charge in [0.15, 0.2) is 0 Å². The van der Waals surface area contributed by atoms with Gasteiger partial charge in [0.05, 0.1) is 0 Å². The van der Waals surface area contributed by atoms with Crippen LogP contribution in [0.25, 0.3) is 0 Å². The zero-order valence-corrected chi connectivity index (χ0v) is 13.0. The van der Waals surface area contributed by atoms with Gasteiger partial charge in [-0.2, -0.15) is 0 Å². The van der Waals surface area contributed by atoms with Crippen LogP contribution in [0.3, 0.4) is 0 Å². The van der Waals surface area contributed by atoms with E-state index in [1.807, 2.05) is 0 Å². The van der Waals surface area contributed by atoms with E-state index in [1.54, 1.807) is 0 Å². The Kier molecular flexibility index (Phi) is 41.1. The van der Waals surface area contributed by atoms with E-state index in [2.05, 4.69) is 0 Å². The second kappa shape index (κ2) is 24.5. The van der Waals surface area contributed by atoms with Crippen LogP contribution in [0.4, 0.5) is 0 Å². The van der Waals surface area contributed by atoms with Crippen molar-refractivity contribution in [2.24, 2.45) is 0 Å². The quantitative estimate of drug-likeness (QED) is 0.619. The molecule has 0 radical (unpaired) electrons. The van der Waals surface area contributed by atoms with Gasteiger partial charge in [-0.3, -0.25) is 0 Å². The summed E-state index contributed by atoms with van der Waals surface area (Å²) in [6.45, 7) is 4.00. The molecule has 0 aromatic carbocycles. The van der Waals surface area contributed by atoms with E-state index in [-0.39, 0.29) is 37.2 Å². The first kappa shape index (κ1) is 25.2. The molecular formula is C8H19Cl3MoO3. The molecule has 0 aromatic heterocycles. The number of halogens is 3. The summed E-state index contributed by atoms with van der Waals surface area (Å²) in [5.74, 6) is 0. The normalized spacial score (nSPS) is 16.3. The van der Waals surface area contributed by atoms with Crippen molar-refractivity contribution in [2.45, 2.75) is 25.7 Å². The number of hydrogen-bond acceptors (Lipinski definition) is 3. The summed E-state index contributed by atoms with van der Waals surface area (Å²) in [7, 11) is 0. The molecule has 7 heteroatoms. The van der Waals surface area contributed by atoms with E-state index >= 15 is 0 Å². The Bertz CT molecular complexity index is 68.0. The van der Waals surface area contributed by atoms with E-state index in [0.717, 1.165) is 26.4 Å². The molecule has 15 heavy (non-hydrogen) atoms. The van der Waals surface area contributed by atoms with Gasteiger partial charge < -0.3 is 9.47 Å². The van der Waals surface area contributed by atoms with Gasteiger partial charge in [0.1, 0.15) is 0 Å². The van der Waals surface area contributed by atoms with Crippen LogP contribution < -0.4 is 0 Å². The fraction of sp³-hybridized carbons (Fsp3) is 1.00. The van der Waals surface area contributed by atoms with Crippen LogP contribution in [0, 0.1) is 0 Å². The van der Waals surface area contributed by atoms with Gasteiger partial charge in [-0.05, 0) is 25.7 Å². The van der Waals surface area contributed by atoms with Crippen LogP contribution in [-0.2, 0) is 32.6 Å². The Labute approximate surface area is 121 Å². The predicted molar refractivity (Wildman–Crippen MR) is 62.5 cm³/mol. The molecule has 0 aliphatic carbocycles. The van der Waals surface area contributed by atoms with Gasteiger partial charge in [-0.25, -0.2) is 0 Å². The van der Waals surface area contributed by atoms with E-state index < -0.39 is 0 Å². The van der Waals surface area contributed by atoms with Gasteiger partial charge in [-0.15, -0.1) is 37.2 Å². The molecule has 2 aliphatic rings. The van der Waals surface area contributed by atoms with Crippen LogP contribution in [0.5, 0.6) is 0 Å². The fourth-order valence-corrected chi connectivity index (χ4v) is 1.02. The third-order valence-electron chi connectivity index (χ3n) is 1.65. The van der Waals surface area contributed by atoms with Crippen molar-refractivity contribution in [3.63, 3.8) is 0 Å². The average Bonchev–Trinajstić information content (AvgIpc) is 2.87. The first-order chi connectivity index (χ1) is 6.00. The van der Waals surface area contributed by atoms with Gasteiger partial charge in [0, 0.05) is 26.4 Å². The van der Waals surface area contributed by atoms with Gasteiger partial charge in [-0.1, -0.05) is 0 Å². The number of hydrogen-bond donors (Lipinski definition) is 0. The Morgan fingerprint density at radius 1 is 0.600 bits per heavy atom. The summed E-state index contributed by atoms with van der Waals surface area (Å²) in [5, 5.41) is 0. The summed E-state index contributed by atoms with van der Waals surface area (Å²) in [6, 6.07) is 0. The molecule has 0 aromatic rings. The first-order valence-corrected chi connectivity index (χ1v) is 5.14. The molecule has 0 N–H and O–H groups in total. The average molecular weight is 366 g/mol. The minimum absolute atomic E-state index is 0. The standard InChI is InChI=1S/2C4H8O.3ClH.Mo.O/c2*1-2-4-5-3-1;;;;;/h2*1-4H2;3*1H;;. The van der Waals surface area contributed by atoms with Crippen molar-refractivity contribution in [1.29, 1.82) is 0 Å². The Morgan fingerprint density at radius 2 is 0.800 bits per heavy atom. The van der Waals surface area contributed by atoms with Crippen LogP contribution in [0.2, 0.25) is 0 Å². The van der Waals surface area contributed by atoms with Crippen LogP contribution >= 0.6 is 37.2 Å². The molecule has 2 aliphatic heterocycles. The monoisotopic (exact) mass is 366 g/mol. The van der Waals surface area contributed by atoms with Crippen molar-refractivity contribution >= 4 is 37.2 Å². The molecule has 0 unspecified atom stereocenters. The zero-order chi connectivity index (χ0) is 9.07. The summed E-state index contributed by atoms with van der Waals surface area (Å²) < 4.78 is 18.1. The Morgan fingerprint density at radius 3 is 0.867 bits per heavy atom. The van der Waals surface area contributed by atoms with Crippen LogP contribution in [0.1, 0.15) is 25.7 Å². The van der Waals surface area contributed by atoms with Gasteiger partial charge >= 0.3 is 23.2 Å². The zero-order valence-electron chi connectivity index (χ0n) is 8.51. The molecule has 0 saturated carbocycles. The minimum atomic E-state index is 0. The molecule has 0 bridgehead atoms. The molecule has 0 spiro atoms. The van der Waals surface area contributed by atoms with Crippen LogP contribution in [0.15, 0.2) is 0 Å². The summed E-state index contributed by atoms with van der Waals surface area (Å²) >= 11 is 0.700. The van der Waals surface area contributed by atoms with Crippen molar-refractivity contribution < 1.29 is 32.6 Å². The molecule has 2 fully saturated rings. The summed E-state index contributed by atoms with van der Waals surface area (Å²) in [5.41, 5.74) is 0. The second-order valence-corrected chi connectivity index (χ2v) is 2.64. The molecule has 96 valence electrons. The number of ether oxygens (including phenoxy) is 2. The Hall–Kier alpha value is 1.28. The maximum atomic E-state index is 8.26. The van der Waals surface area contributed by atoms with Gasteiger partial charge in [0.2, 0.25) is 0 Å². The first-order valence-electron chi connectivity index (χ1n) is 4.32. The molecular weight excluding hydrogens is 346 g/mol. The second-order valence-electron chi connectivity index (χ2n) is 2.64. The molecule has 3 nitrogen and oxygen atoms in total. The van der Waals surface area contributed by atoms with Crippen molar-refractivity contribution in [1.82, 2.24) is 0 Å². The molecule has 2 saturated heterocycles. The maximum absolute atomic E-state index is 8.26. The van der Waals surface area contributed by atoms with Crippen LogP contribution in [-0.4, -0.2) is 26.4 Å². The van der Waals surface area contributed by atoms with Gasteiger partial charge in [0.25, 0.3) is 0 Å². The van der Waals surface area contributed by atoms with E-state index in [9.17, 15) is 0 Å². The van der Waals surface area contributed by atoms with E-state index in [1.165, 1.54) is 25.7 Å². The van der Waals surface area contributed by atoms with Crippen molar-refractivity contribution in [3.8, 4) is 0 Å². The number of rotatable bonds is 0. The predicted octanol–water partition coefficient (Wildman–Crippen LogP) is 2.74. The Balaban J connectivity index is -0.0000000592. The molecule has 2 rings (SSSR count). The SMILES string of the molecule is C1CCOC1.C1CCOC1.Cl.Cl.Cl.[O]=[Mo]. The topological polar surface area (TPSA) is 35.5 Å². The molecule has 0 atom stereocenters. The third-order valence-corrected chi connectivity index (χ3v) is 1.65. The fourth-order valence-electron chi connectivity index (χ4n) is 1.02. The molecule has 0 amide bonds. The third kappa shape index (κ3) is 21.2. The van der Waals surface area contributed by atoms with Crippen molar-refractivity contribution in [3.05, 3.63) is 0 Å². The summed E-state index contributed by atoms with van der Waals surface area (Å²) in [6.07, 6.45) is 5.11. The van der Waals surface area contributed by atoms with E-state index in [0.29, 0.717) is 19.8 Å². The summed E-state index contributed by atoms with van der Waals surface area (Å²) in [4.78, 5) is 0. The van der Waals surface area contributed by atoms with Crippen molar-refractivity contribution in [2.75, 3.05) is 26.4 Å².